The first-order chi connectivity index (χ1) is 32.5. The van der Waals surface area contributed by atoms with Crippen molar-refractivity contribution in [1.82, 2.24) is 36.4 Å². The van der Waals surface area contributed by atoms with Gasteiger partial charge in [0.05, 0.1) is 32.4 Å². The number of aliphatic hydroxyl groups excluding tert-OH is 3. The molecule has 68 heavy (non-hydrogen) atoms. The zero-order chi connectivity index (χ0) is 50.3. The van der Waals surface area contributed by atoms with Gasteiger partial charge < -0.3 is 61.9 Å². The third kappa shape index (κ3) is 17.4. The van der Waals surface area contributed by atoms with Crippen LogP contribution in [0.4, 0.5) is 0 Å². The van der Waals surface area contributed by atoms with Gasteiger partial charge in [-0.1, -0.05) is 96.1 Å². The predicted octanol–water partition coefficient (Wildman–Crippen LogP) is 2.20. The molecular weight excluding hydrogens is 879 g/mol. The lowest BCUT2D eigenvalue weighted by Crippen LogP contribution is -2.57. The van der Waals surface area contributed by atoms with Crippen LogP contribution in [0.2, 0.25) is 0 Å². The van der Waals surface area contributed by atoms with Crippen molar-refractivity contribution in [2.75, 3.05) is 40.5 Å². The predicted molar refractivity (Wildman–Crippen MR) is 255 cm³/mol. The zero-order valence-electron chi connectivity index (χ0n) is 40.4. The molecule has 3 rings (SSSR count). The molecule has 7 amide bonds. The summed E-state index contributed by atoms with van der Waals surface area (Å²) in [4.78, 5) is 96.2. The second kappa shape index (κ2) is 29.2. The van der Waals surface area contributed by atoms with Crippen LogP contribution in [0.25, 0.3) is 11.1 Å². The van der Waals surface area contributed by atoms with Gasteiger partial charge in [-0.2, -0.15) is 0 Å². The average molecular weight is 954 g/mol. The van der Waals surface area contributed by atoms with Crippen LogP contribution in [0.15, 0.2) is 36.4 Å². The number of carbonyl (C=O) groups excluding carboxylic acids is 7. The monoisotopic (exact) mass is 954 g/mol. The lowest BCUT2D eigenvalue weighted by molar-refractivity contribution is -0.142. The van der Waals surface area contributed by atoms with E-state index in [1.54, 1.807) is 0 Å². The van der Waals surface area contributed by atoms with Crippen molar-refractivity contribution < 1.29 is 59.1 Å². The van der Waals surface area contributed by atoms with Crippen LogP contribution in [0.3, 0.4) is 0 Å². The number of likely N-dealkylation sites (N-methyl/N-ethyl adjacent to an activating group) is 2. The normalized spacial score (nSPS) is 16.9. The number of fused-ring (bicyclic) bond motifs is 5. The molecule has 19 heteroatoms. The highest BCUT2D eigenvalue weighted by atomic mass is 16.3. The van der Waals surface area contributed by atoms with Crippen molar-refractivity contribution >= 4 is 41.4 Å². The molecule has 1 heterocycles. The third-order valence-electron chi connectivity index (χ3n) is 12.3. The Morgan fingerprint density at radius 2 is 1.26 bits per heavy atom. The lowest BCUT2D eigenvalue weighted by Gasteiger charge is -2.30. The molecule has 0 saturated carbocycles. The fourth-order valence-electron chi connectivity index (χ4n) is 7.95. The Labute approximate surface area is 399 Å². The molecular formula is C49H75N7O12. The largest absolute Gasteiger partial charge is 0.507 e. The third-order valence-corrected chi connectivity index (χ3v) is 12.3. The fourth-order valence-corrected chi connectivity index (χ4v) is 7.95. The van der Waals surface area contributed by atoms with Crippen LogP contribution in [0.5, 0.6) is 11.5 Å². The summed E-state index contributed by atoms with van der Waals surface area (Å²) >= 11 is 0. The highest BCUT2D eigenvalue weighted by molar-refractivity contribution is 5.97. The van der Waals surface area contributed by atoms with Gasteiger partial charge in [-0.05, 0) is 55.7 Å². The molecule has 10 N–H and O–H groups in total. The van der Waals surface area contributed by atoms with Crippen molar-refractivity contribution in [3.05, 3.63) is 47.5 Å². The number of unbranched alkanes of at least 4 members (excludes halogenated alkanes) is 12. The number of rotatable bonds is 26. The topological polar surface area (TPSA) is 287 Å². The van der Waals surface area contributed by atoms with Crippen molar-refractivity contribution in [3.8, 4) is 22.6 Å². The van der Waals surface area contributed by atoms with Gasteiger partial charge in [0.1, 0.15) is 41.7 Å². The summed E-state index contributed by atoms with van der Waals surface area (Å²) in [5, 5.41) is 63.6. The van der Waals surface area contributed by atoms with Gasteiger partial charge in [0.25, 0.3) is 0 Å². The number of hydrogen-bond acceptors (Lipinski definition) is 12. The second-order valence-electron chi connectivity index (χ2n) is 17.7. The Bertz CT molecular complexity index is 2000. The first kappa shape index (κ1) is 56.5. The molecule has 4 bridgehead atoms. The fraction of sp³-hybridized carbons (Fsp3) is 0.612. The number of aliphatic hydroxyl groups is 3. The number of nitrogens with zero attached hydrogens (tertiary/aromatic N) is 2. The van der Waals surface area contributed by atoms with Crippen molar-refractivity contribution in [3.63, 3.8) is 0 Å². The minimum atomic E-state index is -1.49. The summed E-state index contributed by atoms with van der Waals surface area (Å²) in [5.41, 5.74) is 0.722. The quantitative estimate of drug-likeness (QED) is 0.0608. The van der Waals surface area contributed by atoms with Crippen LogP contribution in [0.1, 0.15) is 128 Å². The Morgan fingerprint density at radius 1 is 0.706 bits per heavy atom. The summed E-state index contributed by atoms with van der Waals surface area (Å²) in [7, 11) is 2.69. The van der Waals surface area contributed by atoms with Crippen LogP contribution in [0, 0.1) is 0 Å². The number of aromatic hydroxyl groups is 2. The van der Waals surface area contributed by atoms with Crippen LogP contribution in [-0.2, 0) is 40.0 Å². The number of phenols is 2. The van der Waals surface area contributed by atoms with Crippen LogP contribution < -0.4 is 26.6 Å². The van der Waals surface area contributed by atoms with E-state index >= 15 is 0 Å². The number of phenolic OH excluding ortho intramolecular Hbond substituents is 2. The first-order valence-electron chi connectivity index (χ1n) is 24.0. The van der Waals surface area contributed by atoms with Gasteiger partial charge in [0, 0.05) is 38.1 Å². The highest BCUT2D eigenvalue weighted by Gasteiger charge is 2.34. The maximum atomic E-state index is 14.1. The molecule has 0 unspecified atom stereocenters. The minimum absolute atomic E-state index is 0.0576. The summed E-state index contributed by atoms with van der Waals surface area (Å²) in [6, 6.07) is 0.713. The molecule has 2 aromatic rings. The van der Waals surface area contributed by atoms with E-state index in [2.05, 4.69) is 33.5 Å². The Morgan fingerprint density at radius 3 is 1.84 bits per heavy atom. The smallest absolute Gasteiger partial charge is 0.248 e. The number of carbonyl (C=O) groups is 7. The van der Waals surface area contributed by atoms with Crippen molar-refractivity contribution in [1.29, 1.82) is 0 Å². The molecule has 0 aromatic heterocycles. The number of benzene rings is 2. The van der Waals surface area contributed by atoms with Crippen LogP contribution >= 0.6 is 0 Å². The Balaban J connectivity index is 1.65. The average Bonchev–Trinajstić information content (AvgIpc) is 3.31. The minimum Gasteiger partial charge on any atom is -0.507 e. The molecule has 0 spiro atoms. The second-order valence-corrected chi connectivity index (χ2v) is 17.7. The molecule has 0 radical (unpaired) electrons. The number of hydrogen-bond donors (Lipinski definition) is 10. The summed E-state index contributed by atoms with van der Waals surface area (Å²) in [6.45, 7) is 2.39. The standard InChI is InChI=1S/C49H75N7O12/c1-6-7-8-9-10-11-12-13-14-15-16-17-18-19-42(62)55(4)39(30-59)48(67)51-31(2)45(64)50-27-43(63)56(5)44-34-21-23-41(61)37(26-34)36-24-33(20-22-40(36)60)25-38(47(66)53-35(28-57)29-58)54-46(65)32(3)52-49(44)68/h20-24,26,31-32,35,38-39,44,57-61H,6-19,25,27-30H2,1-5H3,(H,50,64)(H,51,67)(H,52,68)(H,53,66)(H,54,65)/t31-,32+,38+,39-,44+/m1/s1. The van der Waals surface area contributed by atoms with E-state index < -0.39 is 98.1 Å². The van der Waals surface area contributed by atoms with Crippen LogP contribution in [-0.4, -0.2) is 147 Å². The Kier molecular flexibility index (Phi) is 24.3. The molecule has 1 aliphatic heterocycles. The van der Waals surface area contributed by atoms with Gasteiger partial charge >= 0.3 is 0 Å². The molecule has 0 aliphatic carbocycles. The van der Waals surface area contributed by atoms with E-state index in [9.17, 15) is 59.1 Å². The van der Waals surface area contributed by atoms with Gasteiger partial charge in [-0.15, -0.1) is 0 Å². The summed E-state index contributed by atoms with van der Waals surface area (Å²) in [6.07, 6.45) is 15.1. The van der Waals surface area contributed by atoms with E-state index in [0.717, 1.165) is 29.1 Å². The molecule has 0 fully saturated rings. The molecule has 5 atom stereocenters. The number of nitrogens with one attached hydrogen (secondary N) is 5. The highest BCUT2D eigenvalue weighted by Crippen LogP contribution is 2.38. The van der Waals surface area contributed by atoms with E-state index in [4.69, 9.17) is 0 Å². The SMILES string of the molecule is CCCCCCCCCCCCCCCC(=O)N(C)[C@H](CO)C(=O)N[C@H](C)C(=O)NCC(=O)N(C)[C@@H]1C(=O)N[C@@H](C)C(=O)N[C@H](C(=O)NC(CO)CO)Cc2ccc(O)c(c2)-c2cc1ccc2O. The molecule has 1 aliphatic rings. The van der Waals surface area contributed by atoms with Crippen molar-refractivity contribution in [2.45, 2.75) is 153 Å². The molecule has 0 saturated heterocycles. The molecule has 2 aromatic carbocycles. The maximum Gasteiger partial charge on any atom is 0.248 e. The zero-order valence-corrected chi connectivity index (χ0v) is 40.4. The van der Waals surface area contributed by atoms with E-state index in [-0.39, 0.29) is 46.9 Å². The van der Waals surface area contributed by atoms with Gasteiger partial charge in [-0.3, -0.25) is 33.6 Å². The number of amides is 7. The molecule has 19 nitrogen and oxygen atoms in total. The maximum absolute atomic E-state index is 14.1. The van der Waals surface area contributed by atoms with Gasteiger partial charge in [0.2, 0.25) is 41.4 Å². The lowest BCUT2D eigenvalue weighted by atomic mass is 9.93. The Hall–Kier alpha value is -5.79. The van der Waals surface area contributed by atoms with Gasteiger partial charge in [-0.25, -0.2) is 0 Å². The van der Waals surface area contributed by atoms with E-state index in [1.165, 1.54) is 122 Å². The van der Waals surface area contributed by atoms with E-state index in [0.29, 0.717) is 12.0 Å². The van der Waals surface area contributed by atoms with Crippen molar-refractivity contribution in [2.24, 2.45) is 0 Å². The summed E-state index contributed by atoms with van der Waals surface area (Å²) < 4.78 is 0. The first-order valence-corrected chi connectivity index (χ1v) is 24.0. The van der Waals surface area contributed by atoms with Gasteiger partial charge in [0.15, 0.2) is 0 Å². The summed E-state index contributed by atoms with van der Waals surface area (Å²) in [5.74, 6) is -5.69. The molecule has 378 valence electrons. The van der Waals surface area contributed by atoms with E-state index in [1.807, 2.05) is 0 Å².